The molecule has 1 amide bonds. The van der Waals surface area contributed by atoms with Crippen LogP contribution in [0.3, 0.4) is 0 Å². The van der Waals surface area contributed by atoms with Gasteiger partial charge < -0.3 is 10.0 Å². The van der Waals surface area contributed by atoms with E-state index in [-0.39, 0.29) is 11.8 Å². The monoisotopic (exact) mass is 281 g/mol. The van der Waals surface area contributed by atoms with Crippen molar-refractivity contribution in [1.29, 1.82) is 0 Å². The van der Waals surface area contributed by atoms with Crippen LogP contribution in [0.4, 0.5) is 0 Å². The van der Waals surface area contributed by atoms with E-state index in [4.69, 9.17) is 0 Å². The maximum Gasteiger partial charge on any atom is 0.326 e. The Morgan fingerprint density at radius 1 is 1.10 bits per heavy atom. The van der Waals surface area contributed by atoms with Crippen LogP contribution >= 0.6 is 0 Å². The van der Waals surface area contributed by atoms with Crippen molar-refractivity contribution in [3.8, 4) is 0 Å². The van der Waals surface area contributed by atoms with Crippen LogP contribution in [0, 0.1) is 11.8 Å². The first-order chi connectivity index (χ1) is 9.59. The zero-order chi connectivity index (χ0) is 14.5. The Morgan fingerprint density at radius 2 is 1.75 bits per heavy atom. The minimum Gasteiger partial charge on any atom is -0.480 e. The van der Waals surface area contributed by atoms with Crippen LogP contribution in [-0.2, 0) is 9.59 Å². The Morgan fingerprint density at radius 3 is 2.40 bits per heavy atom. The number of likely N-dealkylation sites (tertiary alicyclic amines) is 1. The first-order valence-corrected chi connectivity index (χ1v) is 8.13. The quantitative estimate of drug-likeness (QED) is 0.861. The molecule has 20 heavy (non-hydrogen) atoms. The van der Waals surface area contributed by atoms with Crippen molar-refractivity contribution < 1.29 is 14.7 Å². The molecule has 1 heterocycles. The number of carboxylic acid groups (broad SMARTS) is 1. The highest BCUT2D eigenvalue weighted by Crippen LogP contribution is 2.30. The summed E-state index contributed by atoms with van der Waals surface area (Å²) in [5.74, 6) is -0.153. The van der Waals surface area contributed by atoms with Gasteiger partial charge in [0.2, 0.25) is 5.91 Å². The van der Waals surface area contributed by atoms with Crippen LogP contribution in [0.5, 0.6) is 0 Å². The summed E-state index contributed by atoms with van der Waals surface area (Å²) in [5, 5.41) is 9.27. The summed E-state index contributed by atoms with van der Waals surface area (Å²) in [6.07, 6.45) is 9.76. The first kappa shape index (κ1) is 15.3. The molecule has 114 valence electrons. The van der Waals surface area contributed by atoms with E-state index in [2.05, 4.69) is 0 Å². The second-order valence-corrected chi connectivity index (χ2v) is 6.52. The molecule has 2 rings (SSSR count). The summed E-state index contributed by atoms with van der Waals surface area (Å²) in [5.41, 5.74) is 0. The summed E-state index contributed by atoms with van der Waals surface area (Å²) >= 11 is 0. The van der Waals surface area contributed by atoms with Crippen molar-refractivity contribution >= 4 is 11.9 Å². The lowest BCUT2D eigenvalue weighted by molar-refractivity contribution is -0.154. The summed E-state index contributed by atoms with van der Waals surface area (Å²) in [6.45, 7) is 2.59. The average Bonchev–Trinajstić information content (AvgIpc) is 2.47. The Bertz CT molecular complexity index is 350. The van der Waals surface area contributed by atoms with Gasteiger partial charge in [0.25, 0.3) is 0 Å². The van der Waals surface area contributed by atoms with Crippen LogP contribution in [0.2, 0.25) is 0 Å². The predicted molar refractivity (Wildman–Crippen MR) is 77.3 cm³/mol. The zero-order valence-electron chi connectivity index (χ0n) is 12.5. The molecule has 0 radical (unpaired) electrons. The first-order valence-electron chi connectivity index (χ1n) is 8.13. The fourth-order valence-corrected chi connectivity index (χ4v) is 3.76. The highest BCUT2D eigenvalue weighted by Gasteiger charge is 2.34. The molecule has 2 fully saturated rings. The molecule has 0 bridgehead atoms. The number of carbonyl (C=O) groups excluding carboxylic acids is 1. The molecule has 2 atom stereocenters. The van der Waals surface area contributed by atoms with Gasteiger partial charge in [-0.25, -0.2) is 4.79 Å². The molecule has 0 aromatic rings. The second-order valence-electron chi connectivity index (χ2n) is 6.52. The van der Waals surface area contributed by atoms with Crippen LogP contribution in [-0.4, -0.2) is 34.5 Å². The Labute approximate surface area is 121 Å². The van der Waals surface area contributed by atoms with Gasteiger partial charge in [0.1, 0.15) is 6.04 Å². The van der Waals surface area contributed by atoms with Crippen molar-refractivity contribution in [2.45, 2.75) is 70.8 Å². The summed E-state index contributed by atoms with van der Waals surface area (Å²) in [7, 11) is 0. The van der Waals surface area contributed by atoms with E-state index in [1.54, 1.807) is 4.90 Å². The number of carboxylic acids is 1. The van der Waals surface area contributed by atoms with Crippen LogP contribution in [0.1, 0.15) is 64.7 Å². The SMILES string of the molecule is CC(CC1CCCCC1)C(=O)N1CCCCC1C(=O)O. The molecule has 2 unspecified atom stereocenters. The molecule has 0 spiro atoms. The predicted octanol–water partition coefficient (Wildman–Crippen LogP) is 3.06. The molecule has 4 heteroatoms. The smallest absolute Gasteiger partial charge is 0.326 e. The van der Waals surface area contributed by atoms with Crippen molar-refractivity contribution in [2.24, 2.45) is 11.8 Å². The van der Waals surface area contributed by atoms with Gasteiger partial charge in [-0.2, -0.15) is 0 Å². The zero-order valence-corrected chi connectivity index (χ0v) is 12.5. The molecule has 4 nitrogen and oxygen atoms in total. The molecule has 1 N–H and O–H groups in total. The lowest BCUT2D eigenvalue weighted by Crippen LogP contribution is -2.50. The molecule has 1 aliphatic heterocycles. The number of hydrogen-bond acceptors (Lipinski definition) is 2. The largest absolute Gasteiger partial charge is 0.480 e. The second kappa shape index (κ2) is 7.09. The molecule has 1 saturated carbocycles. The fourth-order valence-electron chi connectivity index (χ4n) is 3.76. The van der Waals surface area contributed by atoms with Crippen LogP contribution < -0.4 is 0 Å². The van der Waals surface area contributed by atoms with Gasteiger partial charge in [-0.05, 0) is 31.6 Å². The third kappa shape index (κ3) is 3.74. The van der Waals surface area contributed by atoms with Gasteiger partial charge in [0, 0.05) is 12.5 Å². The van der Waals surface area contributed by atoms with Gasteiger partial charge in [-0.1, -0.05) is 39.0 Å². The number of carbonyl (C=O) groups is 2. The van der Waals surface area contributed by atoms with Gasteiger partial charge >= 0.3 is 5.97 Å². The van der Waals surface area contributed by atoms with Crippen LogP contribution in [0.15, 0.2) is 0 Å². The minimum absolute atomic E-state index is 0.0296. The van der Waals surface area contributed by atoms with E-state index in [1.807, 2.05) is 6.92 Å². The lowest BCUT2D eigenvalue weighted by atomic mass is 9.82. The molecule has 1 aliphatic carbocycles. The van der Waals surface area contributed by atoms with E-state index in [1.165, 1.54) is 32.1 Å². The van der Waals surface area contributed by atoms with E-state index >= 15 is 0 Å². The highest BCUT2D eigenvalue weighted by atomic mass is 16.4. The van der Waals surface area contributed by atoms with Crippen LogP contribution in [0.25, 0.3) is 0 Å². The standard InChI is InChI=1S/C16H27NO3/c1-12(11-13-7-3-2-4-8-13)15(18)17-10-6-5-9-14(17)16(19)20/h12-14H,2-11H2,1H3,(H,19,20). The highest BCUT2D eigenvalue weighted by molar-refractivity contribution is 5.85. The topological polar surface area (TPSA) is 57.6 Å². The summed E-state index contributed by atoms with van der Waals surface area (Å²) < 4.78 is 0. The van der Waals surface area contributed by atoms with E-state index in [9.17, 15) is 14.7 Å². The van der Waals surface area contributed by atoms with Crippen molar-refractivity contribution in [3.05, 3.63) is 0 Å². The van der Waals surface area contributed by atoms with Crippen molar-refractivity contribution in [2.75, 3.05) is 6.54 Å². The van der Waals surface area contributed by atoms with Crippen molar-refractivity contribution in [3.63, 3.8) is 0 Å². The molecular formula is C16H27NO3. The number of amides is 1. The van der Waals surface area contributed by atoms with Gasteiger partial charge in [0.15, 0.2) is 0 Å². The normalized spacial score (nSPS) is 26.2. The average molecular weight is 281 g/mol. The Hall–Kier alpha value is -1.06. The van der Waals surface area contributed by atoms with E-state index in [0.29, 0.717) is 18.9 Å². The maximum atomic E-state index is 12.5. The number of piperidine rings is 1. The van der Waals surface area contributed by atoms with E-state index in [0.717, 1.165) is 19.3 Å². The number of aliphatic carboxylic acids is 1. The number of hydrogen-bond donors (Lipinski definition) is 1. The number of rotatable bonds is 4. The maximum absolute atomic E-state index is 12.5. The Balaban J connectivity index is 1.92. The Kier molecular flexibility index (Phi) is 5.44. The van der Waals surface area contributed by atoms with Gasteiger partial charge in [-0.15, -0.1) is 0 Å². The molecule has 0 aromatic carbocycles. The lowest BCUT2D eigenvalue weighted by Gasteiger charge is -2.35. The summed E-state index contributed by atoms with van der Waals surface area (Å²) in [6, 6.07) is -0.593. The molecule has 1 saturated heterocycles. The minimum atomic E-state index is -0.845. The number of nitrogens with zero attached hydrogens (tertiary/aromatic N) is 1. The third-order valence-electron chi connectivity index (χ3n) is 4.90. The molecule has 0 aromatic heterocycles. The van der Waals surface area contributed by atoms with Crippen molar-refractivity contribution in [1.82, 2.24) is 4.90 Å². The van der Waals surface area contributed by atoms with E-state index < -0.39 is 12.0 Å². The fraction of sp³-hybridized carbons (Fsp3) is 0.875. The summed E-state index contributed by atoms with van der Waals surface area (Å²) in [4.78, 5) is 25.5. The molecular weight excluding hydrogens is 254 g/mol. The van der Waals surface area contributed by atoms with Gasteiger partial charge in [-0.3, -0.25) is 4.79 Å². The van der Waals surface area contributed by atoms with Gasteiger partial charge in [0.05, 0.1) is 0 Å². The molecule has 2 aliphatic rings. The third-order valence-corrected chi connectivity index (χ3v) is 4.90.